The SMILES string of the molecule is CS(=O)(=O)N1CCN(C(=O)CSc2ncnc3ccsc23)CC1. The van der Waals surface area contributed by atoms with Crippen molar-refractivity contribution in [2.45, 2.75) is 5.03 Å². The van der Waals surface area contributed by atoms with Crippen molar-refractivity contribution >= 4 is 49.2 Å². The minimum Gasteiger partial charge on any atom is -0.339 e. The topological polar surface area (TPSA) is 83.5 Å². The van der Waals surface area contributed by atoms with E-state index in [0.717, 1.165) is 15.2 Å². The molecule has 2 aromatic rings. The second-order valence-corrected chi connectivity index (χ2v) is 9.01. The Labute approximate surface area is 142 Å². The van der Waals surface area contributed by atoms with Gasteiger partial charge in [-0.2, -0.15) is 4.31 Å². The van der Waals surface area contributed by atoms with E-state index < -0.39 is 10.0 Å². The standard InChI is InChI=1S/C13H16N4O3S3/c1-23(19,20)17-5-3-16(4-6-17)11(18)8-22-13-12-10(2-7-21-12)14-9-15-13/h2,7,9H,3-6,8H2,1H3. The minimum atomic E-state index is -3.17. The van der Waals surface area contributed by atoms with E-state index in [1.807, 2.05) is 11.4 Å². The molecule has 1 amide bonds. The molecule has 2 aromatic heterocycles. The van der Waals surface area contributed by atoms with Crippen molar-refractivity contribution in [1.82, 2.24) is 19.2 Å². The van der Waals surface area contributed by atoms with Crippen LogP contribution >= 0.6 is 23.1 Å². The molecule has 0 atom stereocenters. The van der Waals surface area contributed by atoms with Crippen LogP contribution in [0.25, 0.3) is 10.2 Å². The average Bonchev–Trinajstić information content (AvgIpc) is 3.01. The van der Waals surface area contributed by atoms with Crippen molar-refractivity contribution in [3.63, 3.8) is 0 Å². The van der Waals surface area contributed by atoms with E-state index in [1.54, 1.807) is 16.2 Å². The Balaban J connectivity index is 1.57. The van der Waals surface area contributed by atoms with Gasteiger partial charge in [-0.15, -0.1) is 11.3 Å². The Morgan fingerprint density at radius 2 is 2.04 bits per heavy atom. The normalized spacial score (nSPS) is 16.8. The van der Waals surface area contributed by atoms with Crippen LogP contribution < -0.4 is 0 Å². The van der Waals surface area contributed by atoms with Crippen LogP contribution in [0, 0.1) is 0 Å². The molecule has 0 bridgehead atoms. The maximum atomic E-state index is 12.3. The lowest BCUT2D eigenvalue weighted by Gasteiger charge is -2.33. The summed E-state index contributed by atoms with van der Waals surface area (Å²) in [4.78, 5) is 22.4. The maximum absolute atomic E-state index is 12.3. The van der Waals surface area contributed by atoms with Crippen LogP contribution in [-0.4, -0.2) is 71.7 Å². The van der Waals surface area contributed by atoms with Crippen molar-refractivity contribution < 1.29 is 13.2 Å². The molecule has 7 nitrogen and oxygen atoms in total. The number of piperazine rings is 1. The van der Waals surface area contributed by atoms with Crippen LogP contribution in [0.3, 0.4) is 0 Å². The summed E-state index contributed by atoms with van der Waals surface area (Å²) in [5, 5.41) is 2.77. The first kappa shape index (κ1) is 16.6. The summed E-state index contributed by atoms with van der Waals surface area (Å²) < 4.78 is 25.4. The van der Waals surface area contributed by atoms with Crippen LogP contribution in [0.5, 0.6) is 0 Å². The van der Waals surface area contributed by atoms with Gasteiger partial charge in [-0.3, -0.25) is 4.79 Å². The number of carbonyl (C=O) groups excluding carboxylic acids is 1. The van der Waals surface area contributed by atoms with E-state index in [0.29, 0.717) is 31.9 Å². The largest absolute Gasteiger partial charge is 0.339 e. The second-order valence-electron chi connectivity index (χ2n) is 5.15. The van der Waals surface area contributed by atoms with Crippen molar-refractivity contribution in [3.8, 4) is 0 Å². The monoisotopic (exact) mass is 372 g/mol. The van der Waals surface area contributed by atoms with Crippen molar-refractivity contribution in [3.05, 3.63) is 17.8 Å². The van der Waals surface area contributed by atoms with Crippen molar-refractivity contribution in [2.24, 2.45) is 0 Å². The number of carbonyl (C=O) groups is 1. The lowest BCUT2D eigenvalue weighted by Crippen LogP contribution is -2.50. The molecule has 124 valence electrons. The van der Waals surface area contributed by atoms with Crippen LogP contribution in [0.15, 0.2) is 22.8 Å². The highest BCUT2D eigenvalue weighted by Gasteiger charge is 2.26. The maximum Gasteiger partial charge on any atom is 0.233 e. The van der Waals surface area contributed by atoms with E-state index in [9.17, 15) is 13.2 Å². The van der Waals surface area contributed by atoms with Gasteiger partial charge in [0, 0.05) is 26.2 Å². The first-order chi connectivity index (χ1) is 10.9. The van der Waals surface area contributed by atoms with Crippen LogP contribution in [0.4, 0.5) is 0 Å². The van der Waals surface area contributed by atoms with E-state index in [4.69, 9.17) is 0 Å². The summed E-state index contributed by atoms with van der Waals surface area (Å²) in [6.07, 6.45) is 2.70. The van der Waals surface area contributed by atoms with Gasteiger partial charge in [-0.1, -0.05) is 11.8 Å². The van der Waals surface area contributed by atoms with E-state index in [-0.39, 0.29) is 5.91 Å². The lowest BCUT2D eigenvalue weighted by molar-refractivity contribution is -0.129. The number of nitrogens with zero attached hydrogens (tertiary/aromatic N) is 4. The molecule has 0 aliphatic carbocycles. The molecule has 0 N–H and O–H groups in total. The quantitative estimate of drug-likeness (QED) is 0.585. The van der Waals surface area contributed by atoms with Gasteiger partial charge in [0.05, 0.1) is 22.2 Å². The average molecular weight is 372 g/mol. The van der Waals surface area contributed by atoms with Gasteiger partial charge in [-0.05, 0) is 11.4 Å². The van der Waals surface area contributed by atoms with Gasteiger partial charge in [0.2, 0.25) is 15.9 Å². The predicted molar refractivity (Wildman–Crippen MR) is 91.1 cm³/mol. The summed E-state index contributed by atoms with van der Waals surface area (Å²) in [6, 6.07) is 1.93. The molecule has 0 aromatic carbocycles. The Morgan fingerprint density at radius 3 is 2.74 bits per heavy atom. The summed E-state index contributed by atoms with van der Waals surface area (Å²) in [7, 11) is -3.17. The Morgan fingerprint density at radius 1 is 1.30 bits per heavy atom. The van der Waals surface area contributed by atoms with Crippen LogP contribution in [0.1, 0.15) is 0 Å². The molecule has 10 heteroatoms. The molecule has 3 heterocycles. The smallest absolute Gasteiger partial charge is 0.233 e. The molecular formula is C13H16N4O3S3. The number of thiophene rings is 1. The fraction of sp³-hybridized carbons (Fsp3) is 0.462. The summed E-state index contributed by atoms with van der Waals surface area (Å²) in [6.45, 7) is 1.59. The van der Waals surface area contributed by atoms with Gasteiger partial charge in [-0.25, -0.2) is 18.4 Å². The molecule has 1 aliphatic rings. The Hall–Kier alpha value is -1.23. The molecule has 1 fully saturated rings. The van der Waals surface area contributed by atoms with Gasteiger partial charge < -0.3 is 4.90 Å². The molecule has 23 heavy (non-hydrogen) atoms. The van der Waals surface area contributed by atoms with Crippen LogP contribution in [0.2, 0.25) is 0 Å². The molecule has 3 rings (SSSR count). The van der Waals surface area contributed by atoms with Gasteiger partial charge in [0.1, 0.15) is 11.4 Å². The third-order valence-corrected chi connectivity index (χ3v) is 6.92. The van der Waals surface area contributed by atoms with E-state index in [2.05, 4.69) is 9.97 Å². The number of sulfonamides is 1. The summed E-state index contributed by atoms with van der Waals surface area (Å²) in [5.74, 6) is 0.301. The predicted octanol–water partition coefficient (Wildman–Crippen LogP) is 0.887. The zero-order valence-electron chi connectivity index (χ0n) is 12.5. The molecule has 1 saturated heterocycles. The van der Waals surface area contributed by atoms with Crippen LogP contribution in [-0.2, 0) is 14.8 Å². The molecule has 0 unspecified atom stereocenters. The number of thioether (sulfide) groups is 1. The first-order valence-electron chi connectivity index (χ1n) is 6.99. The number of rotatable bonds is 4. The van der Waals surface area contributed by atoms with Crippen molar-refractivity contribution in [2.75, 3.05) is 38.2 Å². The molecule has 1 aliphatic heterocycles. The van der Waals surface area contributed by atoms with E-state index in [1.165, 1.54) is 28.7 Å². The third-order valence-electron chi connectivity index (χ3n) is 3.60. The lowest BCUT2D eigenvalue weighted by atomic mass is 10.3. The Bertz CT molecular complexity index is 813. The molecule has 0 radical (unpaired) electrons. The zero-order chi connectivity index (χ0) is 16.4. The fourth-order valence-corrected chi connectivity index (χ4v) is 5.04. The number of fused-ring (bicyclic) bond motifs is 1. The van der Waals surface area contributed by atoms with Crippen molar-refractivity contribution in [1.29, 1.82) is 0 Å². The molecular weight excluding hydrogens is 356 g/mol. The minimum absolute atomic E-state index is 0.00599. The highest BCUT2D eigenvalue weighted by Crippen LogP contribution is 2.28. The molecule has 0 saturated carbocycles. The third kappa shape index (κ3) is 3.82. The highest BCUT2D eigenvalue weighted by atomic mass is 32.2. The number of hydrogen-bond acceptors (Lipinski definition) is 7. The second kappa shape index (κ2) is 6.71. The van der Waals surface area contributed by atoms with Gasteiger partial charge in [0.25, 0.3) is 0 Å². The zero-order valence-corrected chi connectivity index (χ0v) is 15.0. The van der Waals surface area contributed by atoms with E-state index >= 15 is 0 Å². The highest BCUT2D eigenvalue weighted by molar-refractivity contribution is 8.00. The number of hydrogen-bond donors (Lipinski definition) is 0. The Kier molecular flexibility index (Phi) is 4.85. The fourth-order valence-electron chi connectivity index (χ4n) is 2.36. The van der Waals surface area contributed by atoms with Gasteiger partial charge >= 0.3 is 0 Å². The summed E-state index contributed by atoms with van der Waals surface area (Å²) >= 11 is 2.96. The van der Waals surface area contributed by atoms with Gasteiger partial charge in [0.15, 0.2) is 0 Å². The number of aromatic nitrogens is 2. The molecule has 0 spiro atoms. The first-order valence-corrected chi connectivity index (χ1v) is 10.7. The number of amides is 1. The summed E-state index contributed by atoms with van der Waals surface area (Å²) in [5.41, 5.74) is 0.890.